The molecule has 1 aliphatic heterocycles. The second-order valence-corrected chi connectivity index (χ2v) is 3.85. The van der Waals surface area contributed by atoms with Gasteiger partial charge in [0.25, 0.3) is 0 Å². The molecule has 0 N–H and O–H groups in total. The summed E-state index contributed by atoms with van der Waals surface area (Å²) in [5.74, 6) is 1.83. The molecule has 0 saturated carbocycles. The fourth-order valence-corrected chi connectivity index (χ4v) is 2.02. The van der Waals surface area contributed by atoms with Gasteiger partial charge in [0.05, 0.1) is 5.36 Å². The molecule has 2 heteroatoms. The molecule has 0 aromatic heterocycles. The Bertz CT molecular complexity index is 738. The third kappa shape index (κ3) is 1.61. The molecule has 2 aromatic carbocycles. The Morgan fingerprint density at radius 2 is 1.76 bits per heavy atom. The highest BCUT2D eigenvalue weighted by Crippen LogP contribution is 2.14. The van der Waals surface area contributed by atoms with Crippen molar-refractivity contribution in [3.63, 3.8) is 0 Å². The van der Waals surface area contributed by atoms with Crippen LogP contribution in [0.5, 0.6) is 0 Å². The highest BCUT2D eigenvalue weighted by Gasteiger charge is 2.06. The van der Waals surface area contributed by atoms with E-state index in [9.17, 15) is 4.79 Å². The van der Waals surface area contributed by atoms with Gasteiger partial charge in [0, 0.05) is 5.22 Å². The second-order valence-electron chi connectivity index (χ2n) is 3.85. The summed E-state index contributed by atoms with van der Waals surface area (Å²) in [7, 11) is 0. The first kappa shape index (κ1) is 9.76. The molecular formula is C15H9NO. The van der Waals surface area contributed by atoms with Gasteiger partial charge in [-0.2, -0.15) is 0 Å². The van der Waals surface area contributed by atoms with Gasteiger partial charge in [-0.1, -0.05) is 42.5 Å². The van der Waals surface area contributed by atoms with E-state index in [0.717, 1.165) is 21.7 Å². The molecular weight excluding hydrogens is 210 g/mol. The molecule has 3 rings (SSSR count). The number of benzene rings is 2. The van der Waals surface area contributed by atoms with Crippen LogP contribution in [-0.2, 0) is 4.79 Å². The smallest absolute Gasteiger partial charge is 0.152 e. The molecule has 0 atom stereocenters. The summed E-state index contributed by atoms with van der Waals surface area (Å²) < 4.78 is 0. The molecule has 80 valence electrons. The van der Waals surface area contributed by atoms with Gasteiger partial charge < -0.3 is 0 Å². The summed E-state index contributed by atoms with van der Waals surface area (Å²) in [4.78, 5) is 14.8. The third-order valence-electron chi connectivity index (χ3n) is 2.79. The van der Waals surface area contributed by atoms with Crippen LogP contribution in [0.4, 0.5) is 0 Å². The van der Waals surface area contributed by atoms with Crippen LogP contribution in [0.25, 0.3) is 17.2 Å². The standard InChI is InChI=1S/C15H9NO/c17-10-12-9-14-13(7-4-8-15(14)16-12)11-5-2-1-3-6-11/h1-9H. The average Bonchev–Trinajstić information content (AvgIpc) is 2.82. The first-order chi connectivity index (χ1) is 8.38. The molecule has 0 fully saturated rings. The van der Waals surface area contributed by atoms with Gasteiger partial charge in [-0.3, -0.25) is 0 Å². The highest BCUT2D eigenvalue weighted by molar-refractivity contribution is 5.74. The van der Waals surface area contributed by atoms with Crippen molar-refractivity contribution < 1.29 is 4.79 Å². The maximum Gasteiger partial charge on any atom is 0.152 e. The van der Waals surface area contributed by atoms with E-state index < -0.39 is 0 Å². The van der Waals surface area contributed by atoms with Crippen molar-refractivity contribution in [2.75, 3.05) is 0 Å². The monoisotopic (exact) mass is 219 g/mol. The molecule has 0 spiro atoms. The Morgan fingerprint density at radius 3 is 2.53 bits per heavy atom. The predicted octanol–water partition coefficient (Wildman–Crippen LogP) is 1.48. The lowest BCUT2D eigenvalue weighted by atomic mass is 10.0. The Labute approximate surface area is 98.3 Å². The first-order valence-corrected chi connectivity index (χ1v) is 5.38. The van der Waals surface area contributed by atoms with Gasteiger partial charge >= 0.3 is 0 Å². The van der Waals surface area contributed by atoms with Gasteiger partial charge in [0.2, 0.25) is 0 Å². The molecule has 2 nitrogen and oxygen atoms in total. The highest BCUT2D eigenvalue weighted by atomic mass is 16.1. The molecule has 0 bridgehead atoms. The van der Waals surface area contributed by atoms with Crippen LogP contribution < -0.4 is 10.6 Å². The third-order valence-corrected chi connectivity index (χ3v) is 2.79. The fraction of sp³-hybridized carbons (Fsp3) is 0. The van der Waals surface area contributed by atoms with E-state index in [1.165, 1.54) is 0 Å². The Balaban J connectivity index is 2.35. The zero-order valence-corrected chi connectivity index (χ0v) is 9.05. The van der Waals surface area contributed by atoms with Crippen molar-refractivity contribution in [1.82, 2.24) is 0 Å². The van der Waals surface area contributed by atoms with E-state index in [4.69, 9.17) is 0 Å². The minimum absolute atomic E-state index is 0.364. The van der Waals surface area contributed by atoms with Crippen molar-refractivity contribution in [2.45, 2.75) is 0 Å². The van der Waals surface area contributed by atoms with Crippen LogP contribution >= 0.6 is 0 Å². The zero-order chi connectivity index (χ0) is 11.7. The van der Waals surface area contributed by atoms with Gasteiger partial charge in [-0.05, 0) is 23.3 Å². The summed E-state index contributed by atoms with van der Waals surface area (Å²) in [6.45, 7) is 0. The zero-order valence-electron chi connectivity index (χ0n) is 9.05. The maximum absolute atomic E-state index is 10.6. The SMILES string of the molecule is O=C=C1C=c2c(-c3ccccc3)cccc2=N1. The minimum Gasteiger partial charge on any atom is -0.236 e. The van der Waals surface area contributed by atoms with Crippen molar-refractivity contribution in [1.29, 1.82) is 0 Å². The molecule has 2 aromatic rings. The largest absolute Gasteiger partial charge is 0.236 e. The van der Waals surface area contributed by atoms with Crippen LogP contribution in [0.3, 0.4) is 0 Å². The number of nitrogens with zero attached hydrogens (tertiary/aromatic N) is 1. The average molecular weight is 219 g/mol. The molecule has 17 heavy (non-hydrogen) atoms. The fourth-order valence-electron chi connectivity index (χ4n) is 2.02. The lowest BCUT2D eigenvalue weighted by Gasteiger charge is -2.00. The number of rotatable bonds is 1. The number of hydrogen-bond donors (Lipinski definition) is 0. The molecule has 1 aliphatic rings. The van der Waals surface area contributed by atoms with E-state index in [1.807, 2.05) is 54.5 Å². The lowest BCUT2D eigenvalue weighted by molar-refractivity contribution is 0.567. The van der Waals surface area contributed by atoms with Gasteiger partial charge in [-0.15, -0.1) is 0 Å². The Hall–Kier alpha value is -2.44. The summed E-state index contributed by atoms with van der Waals surface area (Å²) in [5.41, 5.74) is 2.59. The van der Waals surface area contributed by atoms with Crippen LogP contribution in [-0.4, -0.2) is 5.94 Å². The van der Waals surface area contributed by atoms with Crippen molar-refractivity contribution in [3.8, 4) is 11.1 Å². The number of fused-ring (bicyclic) bond motifs is 1. The molecule has 0 saturated heterocycles. The lowest BCUT2D eigenvalue weighted by Crippen LogP contribution is -2.23. The molecule has 0 radical (unpaired) electrons. The van der Waals surface area contributed by atoms with Crippen LogP contribution in [0, 0.1) is 0 Å². The van der Waals surface area contributed by atoms with Gasteiger partial charge in [0.15, 0.2) is 5.94 Å². The number of carbonyl (C=O) groups excluding carboxylic acids is 1. The Kier molecular flexibility index (Phi) is 2.21. The number of allylic oxidation sites excluding steroid dienone is 1. The maximum atomic E-state index is 10.6. The number of hydrogen-bond acceptors (Lipinski definition) is 2. The van der Waals surface area contributed by atoms with Crippen molar-refractivity contribution >= 4 is 12.0 Å². The van der Waals surface area contributed by atoms with E-state index >= 15 is 0 Å². The van der Waals surface area contributed by atoms with E-state index in [-0.39, 0.29) is 0 Å². The summed E-state index contributed by atoms with van der Waals surface area (Å²) in [6.07, 6.45) is 1.78. The van der Waals surface area contributed by atoms with E-state index in [2.05, 4.69) is 4.99 Å². The van der Waals surface area contributed by atoms with Crippen molar-refractivity contribution in [3.05, 3.63) is 64.8 Å². The molecule has 0 unspecified atom stereocenters. The van der Waals surface area contributed by atoms with E-state index in [0.29, 0.717) is 5.70 Å². The topological polar surface area (TPSA) is 29.4 Å². The molecule has 0 aliphatic carbocycles. The normalized spacial score (nSPS) is 12.4. The van der Waals surface area contributed by atoms with Crippen molar-refractivity contribution in [2.24, 2.45) is 4.99 Å². The summed E-state index contributed by atoms with van der Waals surface area (Å²) in [6, 6.07) is 16.0. The van der Waals surface area contributed by atoms with Gasteiger partial charge in [-0.25, -0.2) is 9.79 Å². The van der Waals surface area contributed by atoms with Crippen LogP contribution in [0.1, 0.15) is 0 Å². The predicted molar refractivity (Wildman–Crippen MR) is 66.3 cm³/mol. The summed E-state index contributed by atoms with van der Waals surface area (Å²) in [5, 5.41) is 1.83. The second kappa shape index (κ2) is 3.85. The molecule has 0 amide bonds. The quantitative estimate of drug-likeness (QED) is 0.668. The van der Waals surface area contributed by atoms with Crippen LogP contribution in [0.15, 0.2) is 59.2 Å². The van der Waals surface area contributed by atoms with Gasteiger partial charge in [0.1, 0.15) is 5.70 Å². The Morgan fingerprint density at radius 1 is 0.941 bits per heavy atom. The molecule has 1 heterocycles. The first-order valence-electron chi connectivity index (χ1n) is 5.38. The minimum atomic E-state index is 0.364. The van der Waals surface area contributed by atoms with E-state index in [1.54, 1.807) is 6.08 Å². The van der Waals surface area contributed by atoms with Crippen LogP contribution in [0.2, 0.25) is 0 Å². The summed E-state index contributed by atoms with van der Waals surface area (Å²) >= 11 is 0.